The summed E-state index contributed by atoms with van der Waals surface area (Å²) in [5.74, 6) is -5.22. The van der Waals surface area contributed by atoms with E-state index in [0.29, 0.717) is 43.4 Å². The number of rotatable bonds is 11. The predicted octanol–water partition coefficient (Wildman–Crippen LogP) is 8.87. The van der Waals surface area contributed by atoms with Gasteiger partial charge in [-0.3, -0.25) is 0 Å². The van der Waals surface area contributed by atoms with Crippen molar-refractivity contribution in [1.82, 2.24) is 0 Å². The second-order valence-electron chi connectivity index (χ2n) is 9.75. The van der Waals surface area contributed by atoms with Crippen LogP contribution in [0.3, 0.4) is 0 Å². The predicted molar refractivity (Wildman–Crippen MR) is 139 cm³/mol. The molecule has 0 bridgehead atoms. The fraction of sp³-hybridized carbons (Fsp3) is 0.419. The lowest BCUT2D eigenvalue weighted by Gasteiger charge is -2.29. The van der Waals surface area contributed by atoms with Crippen LogP contribution in [0.25, 0.3) is 11.1 Å². The lowest BCUT2D eigenvalue weighted by Crippen LogP contribution is -2.21. The molecule has 0 spiro atoms. The molecule has 0 N–H and O–H groups in total. The molecule has 8 heteroatoms. The first-order chi connectivity index (χ1) is 18.8. The second-order valence-corrected chi connectivity index (χ2v) is 9.75. The van der Waals surface area contributed by atoms with Gasteiger partial charge in [0.2, 0.25) is 11.6 Å². The van der Waals surface area contributed by atoms with Crippen molar-refractivity contribution in [3.05, 3.63) is 82.7 Å². The van der Waals surface area contributed by atoms with Gasteiger partial charge in [0.15, 0.2) is 23.1 Å². The monoisotopic (exact) mass is 548 g/mol. The Bertz CT molecular complexity index is 1270. The summed E-state index contributed by atoms with van der Waals surface area (Å²) in [6.07, 6.45) is 4.13. The average Bonchev–Trinajstić information content (AvgIpc) is 2.94. The van der Waals surface area contributed by atoms with E-state index in [2.05, 4.69) is 0 Å². The molecule has 3 nitrogen and oxygen atoms in total. The summed E-state index contributed by atoms with van der Waals surface area (Å²) in [7, 11) is 0. The first kappa shape index (κ1) is 28.9. The van der Waals surface area contributed by atoms with Crippen LogP contribution in [0.15, 0.2) is 42.5 Å². The maximum atomic E-state index is 14.8. The number of hydrogen-bond donors (Lipinski definition) is 0. The molecule has 1 aliphatic rings. The van der Waals surface area contributed by atoms with Gasteiger partial charge in [0.05, 0.1) is 25.9 Å². The van der Waals surface area contributed by atoms with Gasteiger partial charge in [0, 0.05) is 11.1 Å². The van der Waals surface area contributed by atoms with Crippen LogP contribution in [-0.4, -0.2) is 19.3 Å². The molecule has 39 heavy (non-hydrogen) atoms. The largest absolute Gasteiger partial charge is 0.491 e. The summed E-state index contributed by atoms with van der Waals surface area (Å²) in [6.45, 7) is 4.31. The number of unbranched alkanes of at least 4 members (excludes halogenated alkanes) is 1. The molecule has 1 saturated carbocycles. The van der Waals surface area contributed by atoms with Gasteiger partial charge in [-0.05, 0) is 80.3 Å². The zero-order valence-electron chi connectivity index (χ0n) is 22.2. The highest BCUT2D eigenvalue weighted by atomic mass is 19.2. The molecule has 0 amide bonds. The third-order valence-corrected chi connectivity index (χ3v) is 7.10. The summed E-state index contributed by atoms with van der Waals surface area (Å²) in [5, 5.41) is 0. The average molecular weight is 549 g/mol. The standard InChI is InChI=1S/C31H33F5O3/c1-3-5-16-38-27-14-12-22(28(33)31(27)36)20-7-9-21(10-8-20)39-18-19-6-11-23(25(32)17-19)24-13-15-26(37-4-2)30(35)29(24)34/h6,11-15,17,20-21H,3-5,7-10,16,18H2,1-2H3. The van der Waals surface area contributed by atoms with E-state index in [1.165, 1.54) is 30.3 Å². The molecule has 0 unspecified atom stereocenters. The molecule has 0 aromatic heterocycles. The van der Waals surface area contributed by atoms with Gasteiger partial charge in [-0.2, -0.15) is 8.78 Å². The minimum absolute atomic E-state index is 0.0598. The summed E-state index contributed by atoms with van der Waals surface area (Å²) in [5.41, 5.74) is 0.652. The van der Waals surface area contributed by atoms with Gasteiger partial charge in [0.25, 0.3) is 0 Å². The summed E-state index contributed by atoms with van der Waals surface area (Å²) < 4.78 is 89.2. The Morgan fingerprint density at radius 3 is 2.08 bits per heavy atom. The lowest BCUT2D eigenvalue weighted by atomic mass is 9.82. The highest BCUT2D eigenvalue weighted by molar-refractivity contribution is 5.66. The Kier molecular flexibility index (Phi) is 9.83. The first-order valence-electron chi connectivity index (χ1n) is 13.5. The highest BCUT2D eigenvalue weighted by Crippen LogP contribution is 2.38. The number of ether oxygens (including phenoxy) is 3. The van der Waals surface area contributed by atoms with Gasteiger partial charge in [0.1, 0.15) is 5.82 Å². The van der Waals surface area contributed by atoms with Crippen molar-refractivity contribution in [2.45, 2.75) is 71.0 Å². The highest BCUT2D eigenvalue weighted by Gasteiger charge is 2.27. The van der Waals surface area contributed by atoms with E-state index in [4.69, 9.17) is 14.2 Å². The molecule has 0 heterocycles. The molecule has 1 aliphatic carbocycles. The maximum Gasteiger partial charge on any atom is 0.201 e. The quantitative estimate of drug-likeness (QED) is 0.177. The zero-order valence-corrected chi connectivity index (χ0v) is 22.2. The van der Waals surface area contributed by atoms with Crippen molar-refractivity contribution in [2.75, 3.05) is 13.2 Å². The molecule has 3 aromatic carbocycles. The normalized spacial score (nSPS) is 17.3. The van der Waals surface area contributed by atoms with Gasteiger partial charge in [-0.1, -0.05) is 31.5 Å². The Hall–Kier alpha value is -3.13. The Morgan fingerprint density at radius 2 is 1.38 bits per heavy atom. The van der Waals surface area contributed by atoms with E-state index in [0.717, 1.165) is 12.8 Å². The molecule has 0 aliphatic heterocycles. The van der Waals surface area contributed by atoms with Gasteiger partial charge < -0.3 is 14.2 Å². The van der Waals surface area contributed by atoms with E-state index in [1.54, 1.807) is 19.1 Å². The Balaban J connectivity index is 1.33. The van der Waals surface area contributed by atoms with Crippen molar-refractivity contribution in [1.29, 1.82) is 0 Å². The van der Waals surface area contributed by atoms with Crippen molar-refractivity contribution in [3.8, 4) is 22.6 Å². The molecule has 0 atom stereocenters. The molecular formula is C31H33F5O3. The van der Waals surface area contributed by atoms with Gasteiger partial charge >= 0.3 is 0 Å². The van der Waals surface area contributed by atoms with E-state index < -0.39 is 29.1 Å². The topological polar surface area (TPSA) is 27.7 Å². The van der Waals surface area contributed by atoms with Crippen LogP contribution in [0.4, 0.5) is 22.0 Å². The van der Waals surface area contributed by atoms with Crippen LogP contribution in [0.5, 0.6) is 11.5 Å². The van der Waals surface area contributed by atoms with Gasteiger partial charge in [-0.15, -0.1) is 0 Å². The van der Waals surface area contributed by atoms with Crippen LogP contribution in [0, 0.1) is 29.1 Å². The van der Waals surface area contributed by atoms with Crippen LogP contribution in [-0.2, 0) is 11.3 Å². The molecule has 1 fully saturated rings. The lowest BCUT2D eigenvalue weighted by molar-refractivity contribution is 0.0130. The van der Waals surface area contributed by atoms with Crippen molar-refractivity contribution < 1.29 is 36.2 Å². The first-order valence-corrected chi connectivity index (χ1v) is 13.5. The Labute approximate surface area is 225 Å². The molecule has 210 valence electrons. The van der Waals surface area contributed by atoms with E-state index in [1.807, 2.05) is 6.92 Å². The van der Waals surface area contributed by atoms with Crippen LogP contribution >= 0.6 is 0 Å². The molecule has 4 rings (SSSR count). The number of hydrogen-bond acceptors (Lipinski definition) is 3. The fourth-order valence-electron chi connectivity index (χ4n) is 4.93. The van der Waals surface area contributed by atoms with E-state index in [9.17, 15) is 22.0 Å². The second kappa shape index (κ2) is 13.3. The van der Waals surface area contributed by atoms with Crippen LogP contribution < -0.4 is 9.47 Å². The number of benzene rings is 3. The SMILES string of the molecule is CCCCOc1ccc(C2CCC(OCc3ccc(-c4ccc(OCC)c(F)c4F)c(F)c3)CC2)c(F)c1F. The molecule has 0 saturated heterocycles. The van der Waals surface area contributed by atoms with Crippen molar-refractivity contribution >= 4 is 0 Å². The van der Waals surface area contributed by atoms with Crippen LogP contribution in [0.2, 0.25) is 0 Å². The van der Waals surface area contributed by atoms with Crippen molar-refractivity contribution in [2.24, 2.45) is 0 Å². The summed E-state index contributed by atoms with van der Waals surface area (Å²) >= 11 is 0. The molecular weight excluding hydrogens is 515 g/mol. The third-order valence-electron chi connectivity index (χ3n) is 7.10. The maximum absolute atomic E-state index is 14.8. The minimum Gasteiger partial charge on any atom is -0.491 e. The van der Waals surface area contributed by atoms with Gasteiger partial charge in [-0.25, -0.2) is 13.2 Å². The molecule has 0 radical (unpaired) electrons. The van der Waals surface area contributed by atoms with E-state index >= 15 is 0 Å². The summed E-state index contributed by atoms with van der Waals surface area (Å²) in [4.78, 5) is 0. The fourth-order valence-corrected chi connectivity index (χ4v) is 4.93. The third kappa shape index (κ3) is 6.72. The van der Waals surface area contributed by atoms with Crippen molar-refractivity contribution in [3.63, 3.8) is 0 Å². The zero-order chi connectivity index (χ0) is 27.9. The molecule has 3 aromatic rings. The number of halogens is 5. The van der Waals surface area contributed by atoms with E-state index in [-0.39, 0.29) is 47.9 Å². The Morgan fingerprint density at radius 1 is 0.718 bits per heavy atom. The summed E-state index contributed by atoms with van der Waals surface area (Å²) in [6, 6.07) is 9.93. The minimum atomic E-state index is -1.17. The van der Waals surface area contributed by atoms with Crippen LogP contribution in [0.1, 0.15) is 69.4 Å². The smallest absolute Gasteiger partial charge is 0.201 e.